The molecule has 0 aliphatic carbocycles. The van der Waals surface area contributed by atoms with Crippen molar-refractivity contribution in [3.05, 3.63) is 29.8 Å². The monoisotopic (exact) mass is 325 g/mol. The van der Waals surface area contributed by atoms with E-state index < -0.39 is 12.2 Å². The molecule has 3 N–H and O–H groups in total. The molecule has 0 saturated carbocycles. The predicted molar refractivity (Wildman–Crippen MR) is 88.0 cm³/mol. The molecule has 2 unspecified atom stereocenters. The van der Waals surface area contributed by atoms with Gasteiger partial charge in [0.15, 0.2) is 5.12 Å². The van der Waals surface area contributed by atoms with Crippen molar-refractivity contribution in [1.82, 2.24) is 0 Å². The van der Waals surface area contributed by atoms with Crippen LogP contribution in [-0.2, 0) is 4.79 Å². The molecule has 1 heterocycles. The Labute approximate surface area is 135 Å². The Bertz CT molecular complexity index is 485. The molecule has 1 aliphatic heterocycles. The zero-order valence-corrected chi connectivity index (χ0v) is 13.5. The third kappa shape index (κ3) is 4.71. The lowest BCUT2D eigenvalue weighted by Gasteiger charge is -2.31. The summed E-state index contributed by atoms with van der Waals surface area (Å²) in [4.78, 5) is 13.1. The third-order valence-corrected chi connectivity index (χ3v) is 4.80. The summed E-state index contributed by atoms with van der Waals surface area (Å²) in [6.07, 6.45) is -0.628. The number of hydrogen-bond acceptors (Lipinski definition) is 6. The fourth-order valence-electron chi connectivity index (χ4n) is 2.52. The number of nitrogens with zero attached hydrogens (tertiary/aromatic N) is 1. The lowest BCUT2D eigenvalue weighted by atomic mass is 10.0. The van der Waals surface area contributed by atoms with Gasteiger partial charge in [-0.05, 0) is 30.5 Å². The molecule has 22 heavy (non-hydrogen) atoms. The van der Waals surface area contributed by atoms with Crippen molar-refractivity contribution in [1.29, 1.82) is 0 Å². The summed E-state index contributed by atoms with van der Waals surface area (Å²) in [6.45, 7) is 3.08. The van der Waals surface area contributed by atoms with Gasteiger partial charge in [0.2, 0.25) is 0 Å². The molecule has 1 aliphatic rings. The molecular weight excluding hydrogens is 302 g/mol. The number of anilines is 1. The average molecular weight is 325 g/mol. The van der Waals surface area contributed by atoms with E-state index >= 15 is 0 Å². The minimum Gasteiger partial charge on any atom is -0.393 e. The highest BCUT2D eigenvalue weighted by Gasteiger charge is 2.20. The van der Waals surface area contributed by atoms with Gasteiger partial charge in [-0.15, -0.1) is 0 Å². The van der Waals surface area contributed by atoms with Gasteiger partial charge in [0.25, 0.3) is 0 Å². The third-order valence-electron chi connectivity index (χ3n) is 3.89. The number of rotatable bonds is 5. The minimum absolute atomic E-state index is 0.0751. The summed E-state index contributed by atoms with van der Waals surface area (Å²) in [5.41, 5.74) is 1.69. The maximum Gasteiger partial charge on any atom is 0.185 e. The first-order valence-electron chi connectivity index (χ1n) is 7.50. The Balaban J connectivity index is 1.94. The van der Waals surface area contributed by atoms with E-state index in [2.05, 4.69) is 4.90 Å². The van der Waals surface area contributed by atoms with Crippen LogP contribution < -0.4 is 4.90 Å². The molecule has 1 fully saturated rings. The second-order valence-electron chi connectivity index (χ2n) is 5.62. The molecule has 0 radical (unpaired) electrons. The maximum atomic E-state index is 10.9. The highest BCUT2D eigenvalue weighted by molar-refractivity contribution is 8.13. The number of carbonyl (C=O) groups is 1. The van der Waals surface area contributed by atoms with Crippen molar-refractivity contribution in [2.45, 2.75) is 38.1 Å². The van der Waals surface area contributed by atoms with Gasteiger partial charge in [-0.1, -0.05) is 23.9 Å². The van der Waals surface area contributed by atoms with E-state index in [1.165, 1.54) is 6.92 Å². The highest BCUT2D eigenvalue weighted by atomic mass is 32.2. The van der Waals surface area contributed by atoms with Crippen LogP contribution >= 0.6 is 11.8 Å². The summed E-state index contributed by atoms with van der Waals surface area (Å²) >= 11 is 1.01. The van der Waals surface area contributed by atoms with E-state index in [0.29, 0.717) is 5.56 Å². The predicted octanol–water partition coefficient (Wildman–Crippen LogP) is 1.32. The van der Waals surface area contributed by atoms with Crippen LogP contribution in [0, 0.1) is 0 Å². The van der Waals surface area contributed by atoms with Crippen molar-refractivity contribution >= 4 is 22.6 Å². The van der Waals surface area contributed by atoms with E-state index in [0.717, 1.165) is 43.4 Å². The van der Waals surface area contributed by atoms with Crippen molar-refractivity contribution in [2.24, 2.45) is 0 Å². The Morgan fingerprint density at radius 2 is 1.86 bits per heavy atom. The molecule has 6 heteroatoms. The van der Waals surface area contributed by atoms with Crippen LogP contribution in [0.5, 0.6) is 0 Å². The van der Waals surface area contributed by atoms with Gasteiger partial charge in [0.1, 0.15) is 6.10 Å². The number of thioether (sulfide) groups is 1. The molecule has 2 atom stereocenters. The van der Waals surface area contributed by atoms with Gasteiger partial charge < -0.3 is 20.2 Å². The maximum absolute atomic E-state index is 10.9. The smallest absolute Gasteiger partial charge is 0.185 e. The lowest BCUT2D eigenvalue weighted by Crippen LogP contribution is -2.35. The fourth-order valence-corrected chi connectivity index (χ4v) is 3.11. The quantitative estimate of drug-likeness (QED) is 0.758. The van der Waals surface area contributed by atoms with Crippen molar-refractivity contribution in [3.63, 3.8) is 0 Å². The zero-order valence-electron chi connectivity index (χ0n) is 12.7. The Morgan fingerprint density at radius 1 is 1.27 bits per heavy atom. The Kier molecular flexibility index (Phi) is 6.26. The van der Waals surface area contributed by atoms with Gasteiger partial charge in [-0.25, -0.2) is 0 Å². The van der Waals surface area contributed by atoms with E-state index in [-0.39, 0.29) is 17.0 Å². The second kappa shape index (κ2) is 7.97. The van der Waals surface area contributed by atoms with Gasteiger partial charge in [0.05, 0.1) is 12.2 Å². The molecule has 122 valence electrons. The van der Waals surface area contributed by atoms with Crippen LogP contribution in [0.15, 0.2) is 24.3 Å². The highest BCUT2D eigenvalue weighted by Crippen LogP contribution is 2.25. The summed E-state index contributed by atoms with van der Waals surface area (Å²) in [5, 5.41) is 29.5. The Morgan fingerprint density at radius 3 is 2.41 bits per heavy atom. The molecule has 1 saturated heterocycles. The molecule has 0 aromatic heterocycles. The van der Waals surface area contributed by atoms with Crippen LogP contribution in [0.4, 0.5) is 5.69 Å². The Hall–Kier alpha value is -1.08. The van der Waals surface area contributed by atoms with E-state index in [1.54, 1.807) is 12.1 Å². The van der Waals surface area contributed by atoms with E-state index in [1.807, 2.05) is 12.1 Å². The van der Waals surface area contributed by atoms with Crippen LogP contribution in [-0.4, -0.2) is 51.5 Å². The minimum atomic E-state index is -0.996. The first-order valence-corrected chi connectivity index (χ1v) is 8.48. The van der Waals surface area contributed by atoms with Crippen molar-refractivity contribution in [3.8, 4) is 0 Å². The van der Waals surface area contributed by atoms with E-state index in [4.69, 9.17) is 0 Å². The van der Waals surface area contributed by atoms with Crippen molar-refractivity contribution < 1.29 is 20.1 Å². The van der Waals surface area contributed by atoms with Crippen LogP contribution in [0.25, 0.3) is 0 Å². The normalized spacial score (nSPS) is 19.0. The SMILES string of the molecule is CC(=O)SCC(O)C(O)c1ccc(N2CCC(O)CC2)cc1. The van der Waals surface area contributed by atoms with Crippen LogP contribution in [0.2, 0.25) is 0 Å². The van der Waals surface area contributed by atoms with Crippen LogP contribution in [0.3, 0.4) is 0 Å². The van der Waals surface area contributed by atoms with Gasteiger partial charge in [-0.3, -0.25) is 4.79 Å². The van der Waals surface area contributed by atoms with Crippen LogP contribution in [0.1, 0.15) is 31.4 Å². The topological polar surface area (TPSA) is 81.0 Å². The van der Waals surface area contributed by atoms with Gasteiger partial charge in [0, 0.05) is 31.5 Å². The fraction of sp³-hybridized carbons (Fsp3) is 0.562. The number of aliphatic hydroxyl groups excluding tert-OH is 3. The van der Waals surface area contributed by atoms with Gasteiger partial charge in [-0.2, -0.15) is 0 Å². The van der Waals surface area contributed by atoms with Crippen molar-refractivity contribution in [2.75, 3.05) is 23.7 Å². The average Bonchev–Trinajstić information content (AvgIpc) is 2.53. The first kappa shape index (κ1) is 17.3. The lowest BCUT2D eigenvalue weighted by molar-refractivity contribution is -0.109. The standard InChI is InChI=1S/C16H23NO4S/c1-11(18)22-10-15(20)16(21)12-2-4-13(5-3-12)17-8-6-14(19)7-9-17/h2-5,14-16,19-21H,6-10H2,1H3. The largest absolute Gasteiger partial charge is 0.393 e. The zero-order chi connectivity index (χ0) is 16.1. The summed E-state index contributed by atoms with van der Waals surface area (Å²) in [5.74, 6) is 0.183. The first-order chi connectivity index (χ1) is 10.5. The second-order valence-corrected chi connectivity index (χ2v) is 6.82. The molecule has 0 bridgehead atoms. The number of hydrogen-bond donors (Lipinski definition) is 3. The summed E-state index contributed by atoms with van der Waals surface area (Å²) < 4.78 is 0. The van der Waals surface area contributed by atoms with E-state index in [9.17, 15) is 20.1 Å². The molecule has 5 nitrogen and oxygen atoms in total. The summed E-state index contributed by atoms with van der Waals surface area (Å²) in [6, 6.07) is 7.43. The molecule has 1 aromatic carbocycles. The number of benzene rings is 1. The molecule has 2 rings (SSSR count). The number of carbonyl (C=O) groups excluding carboxylic acids is 1. The number of aliphatic hydroxyl groups is 3. The molecule has 0 amide bonds. The molecule has 0 spiro atoms. The number of piperidine rings is 1. The van der Waals surface area contributed by atoms with Gasteiger partial charge >= 0.3 is 0 Å². The molecular formula is C16H23NO4S. The molecule has 1 aromatic rings. The summed E-state index contributed by atoms with van der Waals surface area (Å²) in [7, 11) is 0.